The van der Waals surface area contributed by atoms with Crippen molar-refractivity contribution in [2.45, 2.75) is 51.2 Å². The summed E-state index contributed by atoms with van der Waals surface area (Å²) in [5.41, 5.74) is 1.23. The van der Waals surface area contributed by atoms with E-state index in [2.05, 4.69) is 12.2 Å². The summed E-state index contributed by atoms with van der Waals surface area (Å²) in [7, 11) is 0. The van der Waals surface area contributed by atoms with Crippen molar-refractivity contribution in [3.05, 3.63) is 35.4 Å². The van der Waals surface area contributed by atoms with Crippen LogP contribution in [0.15, 0.2) is 24.3 Å². The molecule has 1 saturated carbocycles. The van der Waals surface area contributed by atoms with Gasteiger partial charge in [-0.05, 0) is 42.7 Å². The smallest absolute Gasteiger partial charge is 0.307 e. The Morgan fingerprint density at radius 3 is 2.52 bits per heavy atom. The monoisotopic (exact) mass is 291 g/mol. The van der Waals surface area contributed by atoms with Gasteiger partial charge in [0.1, 0.15) is 0 Å². The molecule has 1 aromatic carbocycles. The van der Waals surface area contributed by atoms with E-state index >= 15 is 0 Å². The van der Waals surface area contributed by atoms with Gasteiger partial charge in [0.05, 0.1) is 12.0 Å². The standard InChI is InChI=1S/C17H25NO3/c1-13-6-8-17(21,9-7-13)12-18-11-15-5-3-2-4-14(15)10-16(19)20/h2-5,13,18,21H,6-12H2,1H3,(H,19,20). The molecule has 0 saturated heterocycles. The van der Waals surface area contributed by atoms with Gasteiger partial charge in [0, 0.05) is 13.1 Å². The van der Waals surface area contributed by atoms with Gasteiger partial charge in [-0.1, -0.05) is 31.2 Å². The van der Waals surface area contributed by atoms with Gasteiger partial charge in [0.25, 0.3) is 0 Å². The molecule has 1 aliphatic carbocycles. The molecule has 3 N–H and O–H groups in total. The Kier molecular flexibility index (Phi) is 5.37. The molecule has 0 spiro atoms. The zero-order valence-corrected chi connectivity index (χ0v) is 12.6. The highest BCUT2D eigenvalue weighted by molar-refractivity contribution is 5.70. The summed E-state index contributed by atoms with van der Waals surface area (Å²) in [6.07, 6.45) is 3.89. The van der Waals surface area contributed by atoms with Crippen LogP contribution in [0, 0.1) is 5.92 Å². The van der Waals surface area contributed by atoms with E-state index in [4.69, 9.17) is 5.11 Å². The van der Waals surface area contributed by atoms with Crippen LogP contribution in [0.5, 0.6) is 0 Å². The van der Waals surface area contributed by atoms with Crippen LogP contribution in [0.25, 0.3) is 0 Å². The first kappa shape index (κ1) is 16.0. The largest absolute Gasteiger partial charge is 0.481 e. The molecule has 0 atom stereocenters. The van der Waals surface area contributed by atoms with Crippen LogP contribution in [0.1, 0.15) is 43.7 Å². The minimum Gasteiger partial charge on any atom is -0.481 e. The molecule has 1 aromatic rings. The minimum absolute atomic E-state index is 0.0413. The van der Waals surface area contributed by atoms with Crippen molar-refractivity contribution in [3.8, 4) is 0 Å². The quantitative estimate of drug-likeness (QED) is 0.752. The van der Waals surface area contributed by atoms with E-state index in [-0.39, 0.29) is 6.42 Å². The number of carboxylic acid groups (broad SMARTS) is 1. The van der Waals surface area contributed by atoms with Crippen LogP contribution in [-0.4, -0.2) is 28.3 Å². The van der Waals surface area contributed by atoms with Crippen LogP contribution in [0.2, 0.25) is 0 Å². The second kappa shape index (κ2) is 7.05. The lowest BCUT2D eigenvalue weighted by atomic mass is 9.79. The number of nitrogens with one attached hydrogen (secondary N) is 1. The Hall–Kier alpha value is -1.39. The molecular formula is C17H25NO3. The molecule has 0 unspecified atom stereocenters. The van der Waals surface area contributed by atoms with Crippen LogP contribution in [0.4, 0.5) is 0 Å². The molecule has 2 rings (SSSR count). The number of carboxylic acids is 1. The van der Waals surface area contributed by atoms with Gasteiger partial charge >= 0.3 is 5.97 Å². The van der Waals surface area contributed by atoms with Gasteiger partial charge in [-0.3, -0.25) is 4.79 Å². The van der Waals surface area contributed by atoms with E-state index in [0.29, 0.717) is 19.0 Å². The molecule has 0 radical (unpaired) electrons. The Labute approximate surface area is 126 Å². The summed E-state index contributed by atoms with van der Waals surface area (Å²) in [5.74, 6) is -0.107. The summed E-state index contributed by atoms with van der Waals surface area (Å²) in [5, 5.41) is 22.7. The summed E-state index contributed by atoms with van der Waals surface area (Å²) < 4.78 is 0. The van der Waals surface area contributed by atoms with Crippen LogP contribution >= 0.6 is 0 Å². The SMILES string of the molecule is CC1CCC(O)(CNCc2ccccc2CC(=O)O)CC1. The van der Waals surface area contributed by atoms with E-state index in [1.807, 2.05) is 24.3 Å². The Balaban J connectivity index is 1.87. The number of hydrogen-bond donors (Lipinski definition) is 3. The van der Waals surface area contributed by atoms with Crippen molar-refractivity contribution in [1.29, 1.82) is 0 Å². The Morgan fingerprint density at radius 1 is 1.29 bits per heavy atom. The van der Waals surface area contributed by atoms with Gasteiger partial charge in [-0.25, -0.2) is 0 Å². The fraction of sp³-hybridized carbons (Fsp3) is 0.588. The Bertz CT molecular complexity index is 479. The maximum absolute atomic E-state index is 10.9. The summed E-state index contributed by atoms with van der Waals surface area (Å²) >= 11 is 0. The fourth-order valence-corrected chi connectivity index (χ4v) is 2.97. The highest BCUT2D eigenvalue weighted by Gasteiger charge is 2.31. The van der Waals surface area contributed by atoms with Crippen LogP contribution in [0.3, 0.4) is 0 Å². The zero-order chi connectivity index (χ0) is 15.3. The minimum atomic E-state index is -0.817. The number of hydrogen-bond acceptors (Lipinski definition) is 3. The molecule has 0 aromatic heterocycles. The van der Waals surface area contributed by atoms with Crippen molar-refractivity contribution >= 4 is 5.97 Å². The lowest BCUT2D eigenvalue weighted by Gasteiger charge is -2.35. The topological polar surface area (TPSA) is 69.6 Å². The predicted molar refractivity (Wildman–Crippen MR) is 82.1 cm³/mol. The molecule has 116 valence electrons. The van der Waals surface area contributed by atoms with Crippen molar-refractivity contribution in [3.63, 3.8) is 0 Å². The number of rotatable bonds is 6. The van der Waals surface area contributed by atoms with E-state index in [9.17, 15) is 9.90 Å². The maximum Gasteiger partial charge on any atom is 0.307 e. The zero-order valence-electron chi connectivity index (χ0n) is 12.6. The predicted octanol–water partition coefficient (Wildman–Crippen LogP) is 2.34. The first-order valence-electron chi connectivity index (χ1n) is 7.70. The van der Waals surface area contributed by atoms with Crippen molar-refractivity contribution in [2.24, 2.45) is 5.92 Å². The lowest BCUT2D eigenvalue weighted by molar-refractivity contribution is -0.136. The van der Waals surface area contributed by atoms with Crippen molar-refractivity contribution in [1.82, 2.24) is 5.32 Å². The van der Waals surface area contributed by atoms with Gasteiger partial charge in [0.2, 0.25) is 0 Å². The average Bonchev–Trinajstić information content (AvgIpc) is 2.44. The summed E-state index contributed by atoms with van der Waals surface area (Å²) in [6.45, 7) is 3.40. The van der Waals surface area contributed by atoms with Crippen LogP contribution in [-0.2, 0) is 17.8 Å². The third-order valence-corrected chi connectivity index (χ3v) is 4.43. The molecule has 0 bridgehead atoms. The van der Waals surface area contributed by atoms with Gasteiger partial charge in [-0.15, -0.1) is 0 Å². The normalized spacial score (nSPS) is 25.7. The highest BCUT2D eigenvalue weighted by Crippen LogP contribution is 2.31. The highest BCUT2D eigenvalue weighted by atomic mass is 16.4. The van der Waals surface area contributed by atoms with Crippen molar-refractivity contribution in [2.75, 3.05) is 6.54 Å². The fourth-order valence-electron chi connectivity index (χ4n) is 2.97. The molecule has 0 aliphatic heterocycles. The van der Waals surface area contributed by atoms with E-state index in [1.165, 1.54) is 0 Å². The summed E-state index contributed by atoms with van der Waals surface area (Å²) in [4.78, 5) is 10.9. The van der Waals surface area contributed by atoms with E-state index in [1.54, 1.807) is 0 Å². The number of aliphatic hydroxyl groups is 1. The second-order valence-electron chi connectivity index (χ2n) is 6.35. The molecule has 1 fully saturated rings. The van der Waals surface area contributed by atoms with Gasteiger partial charge < -0.3 is 15.5 Å². The molecule has 1 aliphatic rings. The maximum atomic E-state index is 10.9. The van der Waals surface area contributed by atoms with Crippen molar-refractivity contribution < 1.29 is 15.0 Å². The third-order valence-electron chi connectivity index (χ3n) is 4.43. The molecule has 0 heterocycles. The van der Waals surface area contributed by atoms with Crippen LogP contribution < -0.4 is 5.32 Å². The third kappa shape index (κ3) is 4.83. The first-order chi connectivity index (χ1) is 9.98. The summed E-state index contributed by atoms with van der Waals surface area (Å²) in [6, 6.07) is 7.57. The average molecular weight is 291 g/mol. The first-order valence-corrected chi connectivity index (χ1v) is 7.70. The molecule has 4 nitrogen and oxygen atoms in total. The van der Waals surface area contributed by atoms with E-state index in [0.717, 1.165) is 36.8 Å². The molecule has 21 heavy (non-hydrogen) atoms. The lowest BCUT2D eigenvalue weighted by Crippen LogP contribution is -2.43. The van der Waals surface area contributed by atoms with Gasteiger partial charge in [0.15, 0.2) is 0 Å². The number of benzene rings is 1. The van der Waals surface area contributed by atoms with E-state index < -0.39 is 11.6 Å². The molecular weight excluding hydrogens is 266 g/mol. The molecule has 0 amide bonds. The van der Waals surface area contributed by atoms with Gasteiger partial charge in [-0.2, -0.15) is 0 Å². The molecule has 4 heteroatoms. The number of aliphatic carboxylic acids is 1. The number of carbonyl (C=O) groups is 1. The Morgan fingerprint density at radius 2 is 1.90 bits per heavy atom. The second-order valence-corrected chi connectivity index (χ2v) is 6.35.